The third-order valence-corrected chi connectivity index (χ3v) is 3.33. The van der Waals surface area contributed by atoms with Crippen LogP contribution in [0.4, 0.5) is 5.82 Å². The Hall–Kier alpha value is -2.10. The zero-order valence-corrected chi connectivity index (χ0v) is 10.3. The molecule has 4 nitrogen and oxygen atoms in total. The molecule has 1 aliphatic carbocycles. The molecule has 0 spiro atoms. The van der Waals surface area contributed by atoms with Crippen LogP contribution in [0, 0.1) is 0 Å². The Kier molecular flexibility index (Phi) is 2.84. The number of hydrogen-bond acceptors (Lipinski definition) is 4. The summed E-state index contributed by atoms with van der Waals surface area (Å²) < 4.78 is 5.40. The van der Waals surface area contributed by atoms with Crippen LogP contribution in [0.5, 0.6) is 5.75 Å². The molecule has 2 aromatic rings. The number of benzene rings is 1. The summed E-state index contributed by atoms with van der Waals surface area (Å²) in [6, 6.07) is 6.50. The summed E-state index contributed by atoms with van der Waals surface area (Å²) >= 11 is 0. The molecule has 0 aliphatic heterocycles. The van der Waals surface area contributed by atoms with Crippen molar-refractivity contribution in [2.75, 3.05) is 12.4 Å². The predicted molar refractivity (Wildman–Crippen MR) is 69.7 cm³/mol. The summed E-state index contributed by atoms with van der Waals surface area (Å²) in [7, 11) is 1.72. The van der Waals surface area contributed by atoms with Crippen LogP contribution in [0.2, 0.25) is 0 Å². The van der Waals surface area contributed by atoms with E-state index in [-0.39, 0.29) is 0 Å². The molecule has 1 aromatic heterocycles. The highest BCUT2D eigenvalue weighted by Crippen LogP contribution is 2.38. The second-order valence-electron chi connectivity index (χ2n) is 4.35. The second kappa shape index (κ2) is 4.64. The molecule has 1 atom stereocenters. The number of methoxy groups -OCH3 is 1. The van der Waals surface area contributed by atoms with Crippen molar-refractivity contribution in [1.82, 2.24) is 9.97 Å². The highest BCUT2D eigenvalue weighted by molar-refractivity contribution is 5.48. The summed E-state index contributed by atoms with van der Waals surface area (Å²) in [6.07, 6.45) is 7.22. The Balaban J connectivity index is 1.87. The average molecular weight is 241 g/mol. The van der Waals surface area contributed by atoms with Gasteiger partial charge in [-0.1, -0.05) is 12.1 Å². The van der Waals surface area contributed by atoms with Gasteiger partial charge in [-0.05, 0) is 30.0 Å². The van der Waals surface area contributed by atoms with E-state index in [2.05, 4.69) is 21.4 Å². The molecular weight excluding hydrogens is 226 g/mol. The van der Waals surface area contributed by atoms with Gasteiger partial charge < -0.3 is 10.1 Å². The first-order chi connectivity index (χ1) is 8.88. The zero-order valence-electron chi connectivity index (χ0n) is 10.3. The maximum atomic E-state index is 5.40. The fraction of sp³-hybridized carbons (Fsp3) is 0.286. The molecule has 92 valence electrons. The van der Waals surface area contributed by atoms with Crippen LogP contribution in [0.1, 0.15) is 23.6 Å². The van der Waals surface area contributed by atoms with E-state index in [1.165, 1.54) is 11.1 Å². The lowest BCUT2D eigenvalue weighted by molar-refractivity contribution is 0.410. The van der Waals surface area contributed by atoms with Gasteiger partial charge in [0.05, 0.1) is 19.3 Å². The minimum Gasteiger partial charge on any atom is -0.496 e. The normalized spacial score (nSPS) is 17.3. The fourth-order valence-electron chi connectivity index (χ4n) is 2.51. The zero-order chi connectivity index (χ0) is 12.4. The smallest absolute Gasteiger partial charge is 0.144 e. The van der Waals surface area contributed by atoms with E-state index in [0.29, 0.717) is 6.04 Å². The fourth-order valence-corrected chi connectivity index (χ4v) is 2.51. The van der Waals surface area contributed by atoms with Gasteiger partial charge in [0, 0.05) is 12.4 Å². The van der Waals surface area contributed by atoms with Gasteiger partial charge in [0.2, 0.25) is 0 Å². The molecule has 0 saturated heterocycles. The maximum Gasteiger partial charge on any atom is 0.144 e. The summed E-state index contributed by atoms with van der Waals surface area (Å²) in [6.45, 7) is 0. The van der Waals surface area contributed by atoms with Crippen LogP contribution in [0.15, 0.2) is 36.8 Å². The first kappa shape index (κ1) is 11.0. The third-order valence-electron chi connectivity index (χ3n) is 3.33. The summed E-state index contributed by atoms with van der Waals surface area (Å²) in [5.74, 6) is 1.80. The molecule has 0 amide bonds. The number of nitrogens with zero attached hydrogens (tertiary/aromatic N) is 2. The molecule has 1 unspecified atom stereocenters. The second-order valence-corrected chi connectivity index (χ2v) is 4.35. The van der Waals surface area contributed by atoms with Crippen molar-refractivity contribution < 1.29 is 4.74 Å². The van der Waals surface area contributed by atoms with Crippen LogP contribution in [-0.4, -0.2) is 17.1 Å². The first-order valence-electron chi connectivity index (χ1n) is 6.07. The van der Waals surface area contributed by atoms with Crippen LogP contribution < -0.4 is 10.1 Å². The molecule has 1 aromatic carbocycles. The largest absolute Gasteiger partial charge is 0.496 e. The van der Waals surface area contributed by atoms with Gasteiger partial charge in [-0.2, -0.15) is 0 Å². The average Bonchev–Trinajstić information content (AvgIpc) is 2.83. The standard InChI is InChI=1S/C14H15N3O/c1-18-13-4-2-3-10-11(13)5-6-12(10)17-14-9-15-7-8-16-14/h2-4,7-9,12H,5-6H2,1H3,(H,16,17). The number of hydrogen-bond donors (Lipinski definition) is 1. The molecule has 18 heavy (non-hydrogen) atoms. The van der Waals surface area contributed by atoms with Crippen molar-refractivity contribution >= 4 is 5.82 Å². The van der Waals surface area contributed by atoms with Gasteiger partial charge in [0.1, 0.15) is 11.6 Å². The van der Waals surface area contributed by atoms with Gasteiger partial charge in [0.15, 0.2) is 0 Å². The molecule has 0 saturated carbocycles. The SMILES string of the molecule is COc1cccc2c1CCC2Nc1cnccn1. The van der Waals surface area contributed by atoms with Crippen LogP contribution in [0.25, 0.3) is 0 Å². The highest BCUT2D eigenvalue weighted by Gasteiger charge is 2.25. The van der Waals surface area contributed by atoms with Crippen molar-refractivity contribution in [3.05, 3.63) is 47.9 Å². The Morgan fingerprint density at radius 2 is 2.28 bits per heavy atom. The maximum absolute atomic E-state index is 5.40. The lowest BCUT2D eigenvalue weighted by Gasteiger charge is -2.14. The van der Waals surface area contributed by atoms with Crippen LogP contribution in [0.3, 0.4) is 0 Å². The van der Waals surface area contributed by atoms with Crippen molar-refractivity contribution in [3.8, 4) is 5.75 Å². The van der Waals surface area contributed by atoms with Crippen molar-refractivity contribution in [2.45, 2.75) is 18.9 Å². The molecule has 0 radical (unpaired) electrons. The van der Waals surface area contributed by atoms with E-state index in [1.54, 1.807) is 25.7 Å². The van der Waals surface area contributed by atoms with Gasteiger partial charge in [-0.25, -0.2) is 4.98 Å². The minimum absolute atomic E-state index is 0.298. The van der Waals surface area contributed by atoms with Crippen molar-refractivity contribution in [1.29, 1.82) is 0 Å². The van der Waals surface area contributed by atoms with Crippen LogP contribution >= 0.6 is 0 Å². The van der Waals surface area contributed by atoms with E-state index in [1.807, 2.05) is 12.1 Å². The van der Waals surface area contributed by atoms with Gasteiger partial charge in [-0.3, -0.25) is 4.98 Å². The monoisotopic (exact) mass is 241 g/mol. The predicted octanol–water partition coefficient (Wildman–Crippen LogP) is 2.58. The van der Waals surface area contributed by atoms with Gasteiger partial charge in [0.25, 0.3) is 0 Å². The minimum atomic E-state index is 0.298. The number of aromatic nitrogens is 2. The van der Waals surface area contributed by atoms with E-state index in [9.17, 15) is 0 Å². The lowest BCUT2D eigenvalue weighted by atomic mass is 10.1. The van der Waals surface area contributed by atoms with Crippen LogP contribution in [-0.2, 0) is 6.42 Å². The Bertz CT molecular complexity index is 542. The molecule has 1 heterocycles. The van der Waals surface area contributed by atoms with Gasteiger partial charge in [-0.15, -0.1) is 0 Å². The van der Waals surface area contributed by atoms with E-state index >= 15 is 0 Å². The lowest BCUT2D eigenvalue weighted by Crippen LogP contribution is -2.08. The first-order valence-corrected chi connectivity index (χ1v) is 6.07. The quantitative estimate of drug-likeness (QED) is 0.897. The number of fused-ring (bicyclic) bond motifs is 1. The molecule has 3 rings (SSSR count). The Morgan fingerprint density at radius 1 is 1.33 bits per heavy atom. The van der Waals surface area contributed by atoms with Crippen molar-refractivity contribution in [3.63, 3.8) is 0 Å². The number of ether oxygens (including phenoxy) is 1. The molecule has 1 aliphatic rings. The molecular formula is C14H15N3O. The number of anilines is 1. The summed E-state index contributed by atoms with van der Waals surface area (Å²) in [5, 5.41) is 3.42. The molecule has 1 N–H and O–H groups in total. The Labute approximate surface area is 106 Å². The number of nitrogens with one attached hydrogen (secondary N) is 1. The topological polar surface area (TPSA) is 47.0 Å². The Morgan fingerprint density at radius 3 is 3.06 bits per heavy atom. The van der Waals surface area contributed by atoms with Crippen molar-refractivity contribution in [2.24, 2.45) is 0 Å². The van der Waals surface area contributed by atoms with E-state index in [0.717, 1.165) is 24.4 Å². The summed E-state index contributed by atoms with van der Waals surface area (Å²) in [5.41, 5.74) is 2.61. The third kappa shape index (κ3) is 1.90. The van der Waals surface area contributed by atoms with E-state index < -0.39 is 0 Å². The summed E-state index contributed by atoms with van der Waals surface area (Å²) in [4.78, 5) is 8.32. The molecule has 0 bridgehead atoms. The number of rotatable bonds is 3. The van der Waals surface area contributed by atoms with Gasteiger partial charge >= 0.3 is 0 Å². The molecule has 0 fully saturated rings. The van der Waals surface area contributed by atoms with E-state index in [4.69, 9.17) is 4.74 Å². The molecule has 4 heteroatoms. The highest BCUT2D eigenvalue weighted by atomic mass is 16.5.